The summed E-state index contributed by atoms with van der Waals surface area (Å²) in [7, 11) is 0. The minimum absolute atomic E-state index is 0.00920. The lowest BCUT2D eigenvalue weighted by Crippen LogP contribution is -2.48. The van der Waals surface area contributed by atoms with Gasteiger partial charge in [0.2, 0.25) is 0 Å². The highest BCUT2D eigenvalue weighted by atomic mass is 16.6. The summed E-state index contributed by atoms with van der Waals surface area (Å²) in [5, 5.41) is 3.80. The van der Waals surface area contributed by atoms with E-state index in [4.69, 9.17) is 9.47 Å². The fourth-order valence-corrected chi connectivity index (χ4v) is 6.09. The topological polar surface area (TPSA) is 64.6 Å². The van der Waals surface area contributed by atoms with Gasteiger partial charge in [0, 0.05) is 17.0 Å². The largest absolute Gasteiger partial charge is 0.455 e. The first-order valence-electron chi connectivity index (χ1n) is 10.7. The van der Waals surface area contributed by atoms with Crippen molar-refractivity contribution < 1.29 is 19.1 Å². The molecule has 0 aromatic heterocycles. The second-order valence-corrected chi connectivity index (χ2v) is 9.37. The first-order chi connectivity index (χ1) is 14.4. The molecule has 0 radical (unpaired) electrons. The Bertz CT molecular complexity index is 962. The molecule has 0 spiro atoms. The Morgan fingerprint density at radius 2 is 1.37 bits per heavy atom. The van der Waals surface area contributed by atoms with Crippen LogP contribution in [0.15, 0.2) is 60.7 Å². The molecule has 3 fully saturated rings. The number of fused-ring (bicyclic) bond motifs is 5. The zero-order valence-corrected chi connectivity index (χ0v) is 17.3. The molecule has 1 saturated carbocycles. The molecular weight excluding hydrogens is 378 g/mol. The molecule has 2 saturated heterocycles. The number of carbonyl (C=O) groups excluding carboxylic acids is 2. The van der Waals surface area contributed by atoms with Crippen molar-refractivity contribution >= 4 is 11.9 Å². The first-order valence-corrected chi connectivity index (χ1v) is 10.7. The van der Waals surface area contributed by atoms with E-state index in [-0.39, 0.29) is 28.9 Å². The van der Waals surface area contributed by atoms with Crippen LogP contribution < -0.4 is 5.32 Å². The van der Waals surface area contributed by atoms with Crippen molar-refractivity contribution in [2.45, 2.75) is 56.4 Å². The minimum Gasteiger partial charge on any atom is -0.455 e. The Labute approximate surface area is 176 Å². The van der Waals surface area contributed by atoms with E-state index in [0.717, 1.165) is 12.8 Å². The van der Waals surface area contributed by atoms with Gasteiger partial charge < -0.3 is 14.8 Å². The van der Waals surface area contributed by atoms with Crippen molar-refractivity contribution in [3.63, 3.8) is 0 Å². The van der Waals surface area contributed by atoms with Crippen LogP contribution in [0.25, 0.3) is 0 Å². The average Bonchev–Trinajstić information content (AvgIpc) is 3.35. The summed E-state index contributed by atoms with van der Waals surface area (Å²) in [5.41, 5.74) is 0.905. The number of hydrogen-bond donors (Lipinski definition) is 1. The van der Waals surface area contributed by atoms with Gasteiger partial charge in [-0.1, -0.05) is 36.4 Å². The molecular formula is C25H27NO4. The summed E-state index contributed by atoms with van der Waals surface area (Å²) in [6, 6.07) is 18.0. The highest BCUT2D eigenvalue weighted by Gasteiger charge is 2.68. The van der Waals surface area contributed by atoms with Crippen molar-refractivity contribution in [3.8, 4) is 0 Å². The van der Waals surface area contributed by atoms with Crippen LogP contribution in [0.1, 0.15) is 53.8 Å². The second-order valence-electron chi connectivity index (χ2n) is 9.37. The zero-order valence-electron chi connectivity index (χ0n) is 17.3. The van der Waals surface area contributed by atoms with Crippen LogP contribution >= 0.6 is 0 Å². The quantitative estimate of drug-likeness (QED) is 0.780. The van der Waals surface area contributed by atoms with Gasteiger partial charge >= 0.3 is 11.9 Å². The summed E-state index contributed by atoms with van der Waals surface area (Å²) in [5.74, 6) is -0.300. The number of esters is 2. The fraction of sp³-hybridized carbons (Fsp3) is 0.440. The molecule has 6 unspecified atom stereocenters. The fourth-order valence-electron chi connectivity index (χ4n) is 6.09. The monoisotopic (exact) mass is 405 g/mol. The Morgan fingerprint density at radius 3 is 1.97 bits per heavy atom. The molecule has 1 aliphatic carbocycles. The number of ether oxygens (including phenoxy) is 2. The highest BCUT2D eigenvalue weighted by Crippen LogP contribution is 2.59. The SMILES string of the molecule is CC12CCC(C)(N1)C1C(OC(=O)c3ccccc3)C(OC(=O)c3ccccc3)CC12. The van der Waals surface area contributed by atoms with Crippen LogP contribution in [0.5, 0.6) is 0 Å². The predicted octanol–water partition coefficient (Wildman–Crippen LogP) is 3.99. The maximum atomic E-state index is 12.9. The van der Waals surface area contributed by atoms with Gasteiger partial charge in [-0.3, -0.25) is 0 Å². The Balaban J connectivity index is 1.43. The van der Waals surface area contributed by atoms with E-state index < -0.39 is 12.2 Å². The lowest BCUT2D eigenvalue weighted by molar-refractivity contribution is -0.0444. The molecule has 2 aliphatic heterocycles. The molecule has 5 heteroatoms. The maximum Gasteiger partial charge on any atom is 0.338 e. The van der Waals surface area contributed by atoms with Crippen molar-refractivity contribution in [2.75, 3.05) is 0 Å². The normalized spacial score (nSPS) is 36.3. The zero-order chi connectivity index (χ0) is 20.9. The van der Waals surface area contributed by atoms with E-state index in [2.05, 4.69) is 19.2 Å². The van der Waals surface area contributed by atoms with Gasteiger partial charge in [0.05, 0.1) is 11.1 Å². The number of hydrogen-bond acceptors (Lipinski definition) is 5. The van der Waals surface area contributed by atoms with E-state index in [1.54, 1.807) is 24.3 Å². The van der Waals surface area contributed by atoms with E-state index in [9.17, 15) is 9.59 Å². The summed E-state index contributed by atoms with van der Waals surface area (Å²) in [6.07, 6.45) is 1.91. The van der Waals surface area contributed by atoms with Crippen LogP contribution in [0.4, 0.5) is 0 Å². The molecule has 6 atom stereocenters. The molecule has 156 valence electrons. The van der Waals surface area contributed by atoms with E-state index in [1.807, 2.05) is 36.4 Å². The van der Waals surface area contributed by atoms with Gasteiger partial charge in [0.15, 0.2) is 0 Å². The van der Waals surface area contributed by atoms with Gasteiger partial charge in [-0.2, -0.15) is 0 Å². The second kappa shape index (κ2) is 6.95. The highest BCUT2D eigenvalue weighted by molar-refractivity contribution is 5.90. The van der Waals surface area contributed by atoms with Crippen LogP contribution in [0.3, 0.4) is 0 Å². The lowest BCUT2D eigenvalue weighted by atomic mass is 9.69. The third-order valence-electron chi connectivity index (χ3n) is 7.45. The van der Waals surface area contributed by atoms with Gasteiger partial charge in [0.1, 0.15) is 12.2 Å². The van der Waals surface area contributed by atoms with Crippen LogP contribution in [0, 0.1) is 11.8 Å². The standard InChI is InChI=1S/C25H27NO4/c1-24-13-14-25(2,26-24)20-18(24)15-19(29-22(27)16-9-5-3-6-10-16)21(20)30-23(28)17-11-7-4-8-12-17/h3-12,18-21,26H,13-15H2,1-2H3. The van der Waals surface area contributed by atoms with Gasteiger partial charge in [-0.25, -0.2) is 9.59 Å². The summed E-state index contributed by atoms with van der Waals surface area (Å²) in [4.78, 5) is 25.7. The third-order valence-corrected chi connectivity index (χ3v) is 7.45. The summed E-state index contributed by atoms with van der Waals surface area (Å²) >= 11 is 0. The van der Waals surface area contributed by atoms with Crippen LogP contribution in [-0.4, -0.2) is 35.2 Å². The average molecular weight is 405 g/mol. The van der Waals surface area contributed by atoms with E-state index in [1.165, 1.54) is 0 Å². The molecule has 2 bridgehead atoms. The first kappa shape index (κ1) is 19.3. The van der Waals surface area contributed by atoms with Crippen molar-refractivity contribution in [1.29, 1.82) is 0 Å². The summed E-state index contributed by atoms with van der Waals surface area (Å²) in [6.45, 7) is 4.47. The predicted molar refractivity (Wildman–Crippen MR) is 112 cm³/mol. The van der Waals surface area contributed by atoms with Gasteiger partial charge in [0.25, 0.3) is 0 Å². The Kier molecular flexibility index (Phi) is 4.47. The van der Waals surface area contributed by atoms with E-state index >= 15 is 0 Å². The maximum absolute atomic E-state index is 12.9. The number of benzene rings is 2. The molecule has 5 rings (SSSR count). The molecule has 0 amide bonds. The number of nitrogens with one attached hydrogen (secondary N) is 1. The molecule has 2 aromatic rings. The molecule has 1 N–H and O–H groups in total. The van der Waals surface area contributed by atoms with Gasteiger partial charge in [-0.15, -0.1) is 0 Å². The summed E-state index contributed by atoms with van der Waals surface area (Å²) < 4.78 is 12.0. The van der Waals surface area contributed by atoms with Crippen molar-refractivity contribution in [1.82, 2.24) is 5.32 Å². The van der Waals surface area contributed by atoms with Crippen molar-refractivity contribution in [3.05, 3.63) is 71.8 Å². The third kappa shape index (κ3) is 3.03. The Morgan fingerprint density at radius 1 is 0.833 bits per heavy atom. The number of carbonyl (C=O) groups is 2. The molecule has 5 nitrogen and oxygen atoms in total. The smallest absolute Gasteiger partial charge is 0.338 e. The molecule has 30 heavy (non-hydrogen) atoms. The minimum atomic E-state index is -0.463. The van der Waals surface area contributed by atoms with Crippen LogP contribution in [-0.2, 0) is 9.47 Å². The number of rotatable bonds is 4. The van der Waals surface area contributed by atoms with Crippen molar-refractivity contribution in [2.24, 2.45) is 11.8 Å². The van der Waals surface area contributed by atoms with E-state index in [0.29, 0.717) is 23.5 Å². The lowest BCUT2D eigenvalue weighted by Gasteiger charge is -2.36. The Hall–Kier alpha value is -2.66. The molecule has 2 heterocycles. The van der Waals surface area contributed by atoms with Crippen LogP contribution in [0.2, 0.25) is 0 Å². The molecule has 3 aliphatic rings. The molecule has 2 aromatic carbocycles. The van der Waals surface area contributed by atoms with Gasteiger partial charge in [-0.05, 0) is 63.3 Å².